The molecule has 0 aliphatic carbocycles. The molecule has 0 rings (SSSR count). The van der Waals surface area contributed by atoms with Crippen LogP contribution in [0.3, 0.4) is 0 Å². The summed E-state index contributed by atoms with van der Waals surface area (Å²) in [6.45, 7) is 8.49. The van der Waals surface area contributed by atoms with Gasteiger partial charge in [0.25, 0.3) is 0 Å². The van der Waals surface area contributed by atoms with Crippen molar-refractivity contribution >= 4 is 11.9 Å². The fourth-order valence-electron chi connectivity index (χ4n) is 1.77. The van der Waals surface area contributed by atoms with Crippen molar-refractivity contribution in [3.63, 3.8) is 0 Å². The SMILES string of the molecule is CCCOC(=O)C(C(=O)OCCC)C(C)CCC. The number of hydrogen-bond acceptors (Lipinski definition) is 4. The highest BCUT2D eigenvalue weighted by molar-refractivity contribution is 5.95. The van der Waals surface area contributed by atoms with Crippen LogP contribution in [0.4, 0.5) is 0 Å². The predicted molar refractivity (Wildman–Crippen MR) is 70.1 cm³/mol. The molecule has 106 valence electrons. The molecule has 0 radical (unpaired) electrons. The number of hydrogen-bond donors (Lipinski definition) is 0. The van der Waals surface area contributed by atoms with Crippen molar-refractivity contribution in [3.05, 3.63) is 0 Å². The minimum Gasteiger partial charge on any atom is -0.465 e. The molecule has 0 aromatic carbocycles. The Balaban J connectivity index is 4.59. The first-order valence-electron chi connectivity index (χ1n) is 6.91. The molecule has 0 aromatic rings. The predicted octanol–water partition coefficient (Wildman–Crippen LogP) is 2.95. The Morgan fingerprint density at radius 1 is 0.889 bits per heavy atom. The molecule has 0 aliphatic heterocycles. The van der Waals surface area contributed by atoms with Crippen molar-refractivity contribution in [2.75, 3.05) is 13.2 Å². The molecule has 0 heterocycles. The average Bonchev–Trinajstić information content (AvgIpc) is 2.34. The van der Waals surface area contributed by atoms with Crippen LogP contribution in [-0.4, -0.2) is 25.2 Å². The van der Waals surface area contributed by atoms with Crippen molar-refractivity contribution in [2.24, 2.45) is 11.8 Å². The van der Waals surface area contributed by atoms with E-state index in [0.29, 0.717) is 13.2 Å². The lowest BCUT2D eigenvalue weighted by Crippen LogP contribution is -2.33. The molecule has 0 amide bonds. The zero-order valence-corrected chi connectivity index (χ0v) is 12.0. The van der Waals surface area contributed by atoms with Crippen LogP contribution in [0.25, 0.3) is 0 Å². The summed E-state index contributed by atoms with van der Waals surface area (Å²) in [4.78, 5) is 23.8. The third-order valence-electron chi connectivity index (χ3n) is 2.72. The summed E-state index contributed by atoms with van der Waals surface area (Å²) in [5, 5.41) is 0. The van der Waals surface area contributed by atoms with Crippen molar-refractivity contribution in [2.45, 2.75) is 53.4 Å². The summed E-state index contributed by atoms with van der Waals surface area (Å²) >= 11 is 0. The van der Waals surface area contributed by atoms with E-state index in [0.717, 1.165) is 25.7 Å². The van der Waals surface area contributed by atoms with Gasteiger partial charge in [0, 0.05) is 0 Å². The number of carbonyl (C=O) groups is 2. The van der Waals surface area contributed by atoms with Crippen molar-refractivity contribution < 1.29 is 19.1 Å². The molecule has 18 heavy (non-hydrogen) atoms. The molecule has 0 saturated heterocycles. The van der Waals surface area contributed by atoms with Gasteiger partial charge < -0.3 is 9.47 Å². The van der Waals surface area contributed by atoms with Crippen LogP contribution < -0.4 is 0 Å². The van der Waals surface area contributed by atoms with Crippen LogP contribution in [0.15, 0.2) is 0 Å². The van der Waals surface area contributed by atoms with Crippen LogP contribution in [-0.2, 0) is 19.1 Å². The minimum absolute atomic E-state index is 0.0382. The zero-order chi connectivity index (χ0) is 14.0. The highest BCUT2D eigenvalue weighted by Crippen LogP contribution is 2.20. The molecule has 0 fully saturated rings. The van der Waals surface area contributed by atoms with E-state index < -0.39 is 17.9 Å². The lowest BCUT2D eigenvalue weighted by atomic mass is 9.90. The number of ether oxygens (including phenoxy) is 2. The lowest BCUT2D eigenvalue weighted by Gasteiger charge is -2.20. The molecule has 1 unspecified atom stereocenters. The van der Waals surface area contributed by atoms with E-state index in [-0.39, 0.29) is 5.92 Å². The molecule has 0 spiro atoms. The Morgan fingerprint density at radius 3 is 1.67 bits per heavy atom. The van der Waals surface area contributed by atoms with Crippen LogP contribution in [0, 0.1) is 11.8 Å². The third-order valence-corrected chi connectivity index (χ3v) is 2.72. The van der Waals surface area contributed by atoms with Gasteiger partial charge in [0.2, 0.25) is 0 Å². The second kappa shape index (κ2) is 9.92. The third kappa shape index (κ3) is 6.03. The molecule has 0 aromatic heterocycles. The van der Waals surface area contributed by atoms with E-state index in [1.807, 2.05) is 27.7 Å². The molecule has 0 aliphatic rings. The molecule has 0 saturated carbocycles. The van der Waals surface area contributed by atoms with Gasteiger partial charge in [-0.05, 0) is 25.2 Å². The first-order valence-corrected chi connectivity index (χ1v) is 6.91. The molecule has 4 heteroatoms. The van der Waals surface area contributed by atoms with Gasteiger partial charge in [-0.25, -0.2) is 0 Å². The highest BCUT2D eigenvalue weighted by atomic mass is 16.6. The quantitative estimate of drug-likeness (QED) is 0.471. The average molecular weight is 258 g/mol. The van der Waals surface area contributed by atoms with E-state index in [4.69, 9.17) is 9.47 Å². The second-order valence-electron chi connectivity index (χ2n) is 4.58. The normalized spacial score (nSPS) is 12.3. The lowest BCUT2D eigenvalue weighted by molar-refractivity contribution is -0.164. The van der Waals surface area contributed by atoms with Gasteiger partial charge in [0.1, 0.15) is 0 Å². The van der Waals surface area contributed by atoms with Gasteiger partial charge in [-0.2, -0.15) is 0 Å². The van der Waals surface area contributed by atoms with E-state index in [1.54, 1.807) is 0 Å². The summed E-state index contributed by atoms with van der Waals surface area (Å²) < 4.78 is 10.2. The Hall–Kier alpha value is -1.06. The monoisotopic (exact) mass is 258 g/mol. The number of esters is 2. The molecule has 0 bridgehead atoms. The maximum Gasteiger partial charge on any atom is 0.320 e. The van der Waals surface area contributed by atoms with Crippen molar-refractivity contribution in [1.29, 1.82) is 0 Å². The number of rotatable bonds is 9. The Bertz CT molecular complexity index is 230. The fourth-order valence-corrected chi connectivity index (χ4v) is 1.77. The van der Waals surface area contributed by atoms with Gasteiger partial charge in [0.05, 0.1) is 13.2 Å². The number of carbonyl (C=O) groups excluding carboxylic acids is 2. The maximum atomic E-state index is 11.9. The zero-order valence-electron chi connectivity index (χ0n) is 12.0. The van der Waals surface area contributed by atoms with Gasteiger partial charge in [-0.15, -0.1) is 0 Å². The van der Waals surface area contributed by atoms with Crippen molar-refractivity contribution in [1.82, 2.24) is 0 Å². The first kappa shape index (κ1) is 16.9. The fraction of sp³-hybridized carbons (Fsp3) is 0.857. The Morgan fingerprint density at radius 2 is 1.33 bits per heavy atom. The summed E-state index contributed by atoms with van der Waals surface area (Å²) in [6.07, 6.45) is 3.25. The van der Waals surface area contributed by atoms with Crippen LogP contribution in [0.1, 0.15) is 53.4 Å². The smallest absolute Gasteiger partial charge is 0.320 e. The van der Waals surface area contributed by atoms with Crippen molar-refractivity contribution in [3.8, 4) is 0 Å². The molecular weight excluding hydrogens is 232 g/mol. The Kier molecular flexibility index (Phi) is 9.33. The van der Waals surface area contributed by atoms with Gasteiger partial charge in [-0.3, -0.25) is 9.59 Å². The maximum absolute atomic E-state index is 11.9. The van der Waals surface area contributed by atoms with Gasteiger partial charge in [0.15, 0.2) is 5.92 Å². The largest absolute Gasteiger partial charge is 0.465 e. The molecule has 1 atom stereocenters. The topological polar surface area (TPSA) is 52.6 Å². The van der Waals surface area contributed by atoms with Crippen LogP contribution in [0.5, 0.6) is 0 Å². The summed E-state index contributed by atoms with van der Waals surface area (Å²) in [5.74, 6) is -1.70. The standard InChI is InChI=1S/C14H26O4/c1-5-8-11(4)12(13(15)17-9-6-2)14(16)18-10-7-3/h11-12H,5-10H2,1-4H3. The molecular formula is C14H26O4. The minimum atomic E-state index is -0.775. The Labute approximate surface area is 110 Å². The van der Waals surface area contributed by atoms with E-state index >= 15 is 0 Å². The summed E-state index contributed by atoms with van der Waals surface area (Å²) in [5.41, 5.74) is 0. The second-order valence-corrected chi connectivity index (χ2v) is 4.58. The van der Waals surface area contributed by atoms with E-state index in [2.05, 4.69) is 0 Å². The van der Waals surface area contributed by atoms with Gasteiger partial charge >= 0.3 is 11.9 Å². The van der Waals surface area contributed by atoms with Gasteiger partial charge in [-0.1, -0.05) is 34.1 Å². The van der Waals surface area contributed by atoms with E-state index in [1.165, 1.54) is 0 Å². The summed E-state index contributed by atoms with van der Waals surface area (Å²) in [6, 6.07) is 0. The summed E-state index contributed by atoms with van der Waals surface area (Å²) in [7, 11) is 0. The molecule has 4 nitrogen and oxygen atoms in total. The molecule has 0 N–H and O–H groups in total. The first-order chi connectivity index (χ1) is 8.58. The van der Waals surface area contributed by atoms with E-state index in [9.17, 15) is 9.59 Å². The highest BCUT2D eigenvalue weighted by Gasteiger charge is 2.34. The van der Waals surface area contributed by atoms with Crippen LogP contribution in [0.2, 0.25) is 0 Å². The van der Waals surface area contributed by atoms with Crippen LogP contribution >= 0.6 is 0 Å².